The molecule has 0 aliphatic heterocycles. The summed E-state index contributed by atoms with van der Waals surface area (Å²) >= 11 is 0. The summed E-state index contributed by atoms with van der Waals surface area (Å²) in [5, 5.41) is 9.62. The molecule has 0 saturated heterocycles. The van der Waals surface area contributed by atoms with Crippen molar-refractivity contribution in [3.8, 4) is 11.5 Å². The average molecular weight is 227 g/mol. The molecule has 0 heterocycles. The van der Waals surface area contributed by atoms with E-state index < -0.39 is 17.1 Å². The number of rotatable bonds is 3. The lowest BCUT2D eigenvalue weighted by atomic mass is 9.94. The number of ether oxygens (including phenoxy) is 1. The van der Waals surface area contributed by atoms with Crippen molar-refractivity contribution in [2.24, 2.45) is 5.73 Å². The van der Waals surface area contributed by atoms with Gasteiger partial charge < -0.3 is 15.6 Å². The van der Waals surface area contributed by atoms with Crippen LogP contribution in [-0.2, 0) is 6.42 Å². The molecule has 1 aromatic carbocycles. The van der Waals surface area contributed by atoms with E-state index in [1.165, 1.54) is 7.11 Å². The van der Waals surface area contributed by atoms with E-state index in [1.807, 2.05) is 13.8 Å². The number of phenols is 1. The van der Waals surface area contributed by atoms with Gasteiger partial charge in [0.1, 0.15) is 0 Å². The minimum Gasteiger partial charge on any atom is -0.502 e. The number of nitrogens with two attached hydrogens (primary N) is 1. The Morgan fingerprint density at radius 3 is 2.50 bits per heavy atom. The van der Waals surface area contributed by atoms with Gasteiger partial charge in [-0.3, -0.25) is 0 Å². The van der Waals surface area contributed by atoms with Gasteiger partial charge in [-0.05, 0) is 44.4 Å². The van der Waals surface area contributed by atoms with Gasteiger partial charge in [-0.25, -0.2) is 4.39 Å². The Kier molecular flexibility index (Phi) is 3.43. The number of hydrogen-bond acceptors (Lipinski definition) is 3. The number of aromatic hydroxyl groups is 1. The fourth-order valence-electron chi connectivity index (χ4n) is 1.71. The topological polar surface area (TPSA) is 55.5 Å². The molecule has 0 spiro atoms. The number of halogens is 1. The van der Waals surface area contributed by atoms with Gasteiger partial charge in [0.05, 0.1) is 7.11 Å². The van der Waals surface area contributed by atoms with E-state index in [2.05, 4.69) is 0 Å². The first-order valence-corrected chi connectivity index (χ1v) is 5.10. The monoisotopic (exact) mass is 227 g/mol. The van der Waals surface area contributed by atoms with Crippen LogP contribution in [0.3, 0.4) is 0 Å². The highest BCUT2D eigenvalue weighted by molar-refractivity contribution is 5.49. The lowest BCUT2D eigenvalue weighted by Crippen LogP contribution is -2.34. The highest BCUT2D eigenvalue weighted by Crippen LogP contribution is 2.35. The number of hydrogen-bond donors (Lipinski definition) is 2. The molecule has 90 valence electrons. The van der Waals surface area contributed by atoms with Crippen molar-refractivity contribution < 1.29 is 14.2 Å². The van der Waals surface area contributed by atoms with Crippen LogP contribution in [0.25, 0.3) is 0 Å². The Hall–Kier alpha value is -1.29. The van der Waals surface area contributed by atoms with Gasteiger partial charge in [0.2, 0.25) is 0 Å². The molecule has 0 atom stereocenters. The van der Waals surface area contributed by atoms with Crippen LogP contribution in [-0.4, -0.2) is 17.8 Å². The third-order valence-electron chi connectivity index (χ3n) is 2.30. The van der Waals surface area contributed by atoms with Crippen molar-refractivity contribution in [2.75, 3.05) is 7.11 Å². The second-order valence-electron chi connectivity index (χ2n) is 4.71. The zero-order valence-corrected chi connectivity index (χ0v) is 10.1. The van der Waals surface area contributed by atoms with Gasteiger partial charge in [-0.2, -0.15) is 0 Å². The van der Waals surface area contributed by atoms with E-state index in [4.69, 9.17) is 10.5 Å². The quantitative estimate of drug-likeness (QED) is 0.831. The summed E-state index contributed by atoms with van der Waals surface area (Å²) in [6, 6.07) is 1.66. The SMILES string of the molecule is COc1c(C)cc(CC(C)(C)N)c(F)c1O. The minimum absolute atomic E-state index is 0.177. The first kappa shape index (κ1) is 12.8. The number of aryl methyl sites for hydroxylation is 1. The summed E-state index contributed by atoms with van der Waals surface area (Å²) in [6.45, 7) is 5.37. The highest BCUT2D eigenvalue weighted by Gasteiger charge is 2.20. The van der Waals surface area contributed by atoms with E-state index in [9.17, 15) is 9.50 Å². The zero-order chi connectivity index (χ0) is 12.5. The Morgan fingerprint density at radius 2 is 2.06 bits per heavy atom. The lowest BCUT2D eigenvalue weighted by Gasteiger charge is -2.20. The molecule has 0 aromatic heterocycles. The van der Waals surface area contributed by atoms with Crippen molar-refractivity contribution in [3.63, 3.8) is 0 Å². The summed E-state index contributed by atoms with van der Waals surface area (Å²) in [5.74, 6) is -0.918. The molecular formula is C12H18FNO2. The van der Waals surface area contributed by atoms with Crippen molar-refractivity contribution in [2.45, 2.75) is 32.7 Å². The molecule has 0 unspecified atom stereocenters. The molecule has 4 heteroatoms. The summed E-state index contributed by atoms with van der Waals surface area (Å²) in [7, 11) is 1.40. The molecular weight excluding hydrogens is 209 g/mol. The van der Waals surface area contributed by atoms with E-state index in [-0.39, 0.29) is 5.75 Å². The van der Waals surface area contributed by atoms with Gasteiger partial charge in [-0.1, -0.05) is 0 Å². The third-order valence-corrected chi connectivity index (χ3v) is 2.30. The maximum atomic E-state index is 13.8. The smallest absolute Gasteiger partial charge is 0.194 e. The highest BCUT2D eigenvalue weighted by atomic mass is 19.1. The molecule has 0 amide bonds. The fraction of sp³-hybridized carbons (Fsp3) is 0.500. The summed E-state index contributed by atoms with van der Waals surface area (Å²) in [6.07, 6.45) is 0.358. The zero-order valence-electron chi connectivity index (χ0n) is 10.1. The van der Waals surface area contributed by atoms with Gasteiger partial charge >= 0.3 is 0 Å². The van der Waals surface area contributed by atoms with Gasteiger partial charge in [0, 0.05) is 5.54 Å². The number of benzene rings is 1. The largest absolute Gasteiger partial charge is 0.502 e. The molecule has 1 aromatic rings. The average Bonchev–Trinajstić information content (AvgIpc) is 2.12. The van der Waals surface area contributed by atoms with Gasteiger partial charge in [0.15, 0.2) is 17.3 Å². The minimum atomic E-state index is -0.652. The van der Waals surface area contributed by atoms with E-state index in [1.54, 1.807) is 13.0 Å². The van der Waals surface area contributed by atoms with E-state index in [0.717, 1.165) is 0 Å². The van der Waals surface area contributed by atoms with Crippen LogP contribution in [0, 0.1) is 12.7 Å². The number of methoxy groups -OCH3 is 1. The molecule has 0 saturated carbocycles. The van der Waals surface area contributed by atoms with E-state index >= 15 is 0 Å². The van der Waals surface area contributed by atoms with Crippen LogP contribution in [0.1, 0.15) is 25.0 Å². The Labute approximate surface area is 95.0 Å². The van der Waals surface area contributed by atoms with Crippen LogP contribution in [0.2, 0.25) is 0 Å². The van der Waals surface area contributed by atoms with Gasteiger partial charge in [-0.15, -0.1) is 0 Å². The van der Waals surface area contributed by atoms with Crippen LogP contribution in [0.4, 0.5) is 4.39 Å². The molecule has 3 nitrogen and oxygen atoms in total. The Balaban J connectivity index is 3.23. The molecule has 0 aliphatic carbocycles. The van der Waals surface area contributed by atoms with Crippen LogP contribution in [0.5, 0.6) is 11.5 Å². The lowest BCUT2D eigenvalue weighted by molar-refractivity contribution is 0.351. The molecule has 3 N–H and O–H groups in total. The molecule has 1 rings (SSSR count). The van der Waals surface area contributed by atoms with Crippen molar-refractivity contribution in [1.82, 2.24) is 0 Å². The molecule has 0 aliphatic rings. The van der Waals surface area contributed by atoms with Gasteiger partial charge in [0.25, 0.3) is 0 Å². The second-order valence-corrected chi connectivity index (χ2v) is 4.71. The van der Waals surface area contributed by atoms with Crippen molar-refractivity contribution in [1.29, 1.82) is 0 Å². The normalized spacial score (nSPS) is 11.6. The van der Waals surface area contributed by atoms with Crippen LogP contribution in [0.15, 0.2) is 6.07 Å². The first-order valence-electron chi connectivity index (χ1n) is 5.10. The molecule has 0 bridgehead atoms. The molecule has 0 fully saturated rings. The maximum Gasteiger partial charge on any atom is 0.194 e. The van der Waals surface area contributed by atoms with Crippen LogP contribution >= 0.6 is 0 Å². The predicted molar refractivity (Wildman–Crippen MR) is 61.3 cm³/mol. The Bertz CT molecular complexity index is 397. The predicted octanol–water partition coefficient (Wildman–Crippen LogP) is 2.13. The standard InChI is InChI=1S/C12H18FNO2/c1-7-5-8(6-12(2,3)14)9(13)10(15)11(7)16-4/h5,15H,6,14H2,1-4H3. The summed E-state index contributed by atoms with van der Waals surface area (Å²) in [5.41, 5.74) is 6.41. The summed E-state index contributed by atoms with van der Waals surface area (Å²) in [4.78, 5) is 0. The third kappa shape index (κ3) is 2.64. The van der Waals surface area contributed by atoms with E-state index in [0.29, 0.717) is 17.5 Å². The second kappa shape index (κ2) is 4.29. The van der Waals surface area contributed by atoms with Crippen molar-refractivity contribution >= 4 is 0 Å². The first-order chi connectivity index (χ1) is 7.26. The number of phenolic OH excluding ortho intramolecular Hbond substituents is 1. The fourth-order valence-corrected chi connectivity index (χ4v) is 1.71. The van der Waals surface area contributed by atoms with Crippen LogP contribution < -0.4 is 10.5 Å². The maximum absolute atomic E-state index is 13.8. The molecule has 16 heavy (non-hydrogen) atoms. The summed E-state index contributed by atoms with van der Waals surface area (Å²) < 4.78 is 18.7. The van der Waals surface area contributed by atoms with Crippen molar-refractivity contribution in [3.05, 3.63) is 23.0 Å². The Morgan fingerprint density at radius 1 is 1.50 bits per heavy atom. The molecule has 0 radical (unpaired) electrons.